The van der Waals surface area contributed by atoms with Gasteiger partial charge in [-0.1, -0.05) is 18.2 Å². The number of fused-ring (bicyclic) bond motifs is 5. The van der Waals surface area contributed by atoms with E-state index in [1.54, 1.807) is 58.7 Å². The van der Waals surface area contributed by atoms with E-state index in [4.69, 9.17) is 9.47 Å². The maximum Gasteiger partial charge on any atom is 0.264 e. The summed E-state index contributed by atoms with van der Waals surface area (Å²) in [7, 11) is 2.99. The van der Waals surface area contributed by atoms with Crippen LogP contribution in [0.15, 0.2) is 55.1 Å². The lowest BCUT2D eigenvalue weighted by Crippen LogP contribution is -2.49. The molecule has 0 aliphatic carbocycles. The van der Waals surface area contributed by atoms with Gasteiger partial charge in [0.25, 0.3) is 11.8 Å². The molecule has 2 aliphatic heterocycles. The molecule has 0 radical (unpaired) electrons. The second-order valence-electron chi connectivity index (χ2n) is 8.58. The molecule has 3 amide bonds. The quantitative estimate of drug-likeness (QED) is 0.463. The molecule has 0 bridgehead atoms. The summed E-state index contributed by atoms with van der Waals surface area (Å²) in [6.07, 6.45) is 5.52. The number of carbonyl (C=O) groups excluding carboxylic acids is 3. The van der Waals surface area contributed by atoms with E-state index in [0.29, 0.717) is 40.4 Å². The summed E-state index contributed by atoms with van der Waals surface area (Å²) < 4.78 is 12.9. The number of aromatic nitrogens is 2. The molecule has 3 heterocycles. The third-order valence-corrected chi connectivity index (χ3v) is 6.54. The first-order valence-electron chi connectivity index (χ1n) is 11.8. The minimum absolute atomic E-state index is 0.111. The Kier molecular flexibility index (Phi) is 6.32. The molecular formula is C26H27N5O5. The first-order chi connectivity index (χ1) is 17.5. The van der Waals surface area contributed by atoms with E-state index < -0.39 is 6.17 Å². The van der Waals surface area contributed by atoms with Crippen molar-refractivity contribution in [3.8, 4) is 11.5 Å². The van der Waals surface area contributed by atoms with Crippen LogP contribution in [0.3, 0.4) is 0 Å². The lowest BCUT2D eigenvalue weighted by Gasteiger charge is -2.40. The highest BCUT2D eigenvalue weighted by molar-refractivity contribution is 6.18. The van der Waals surface area contributed by atoms with E-state index in [2.05, 4.69) is 10.3 Å². The van der Waals surface area contributed by atoms with Crippen molar-refractivity contribution in [2.75, 3.05) is 32.2 Å². The van der Waals surface area contributed by atoms with Crippen molar-refractivity contribution in [3.63, 3.8) is 0 Å². The highest BCUT2D eigenvalue weighted by Gasteiger charge is 2.49. The van der Waals surface area contributed by atoms with Crippen LogP contribution in [0.5, 0.6) is 11.5 Å². The van der Waals surface area contributed by atoms with Gasteiger partial charge in [0.2, 0.25) is 5.91 Å². The Morgan fingerprint density at radius 3 is 2.64 bits per heavy atom. The van der Waals surface area contributed by atoms with Gasteiger partial charge < -0.3 is 24.3 Å². The molecule has 3 aromatic rings. The molecule has 0 unspecified atom stereocenters. The Morgan fingerprint density at radius 1 is 1.06 bits per heavy atom. The molecule has 36 heavy (non-hydrogen) atoms. The lowest BCUT2D eigenvalue weighted by molar-refractivity contribution is -0.121. The summed E-state index contributed by atoms with van der Waals surface area (Å²) >= 11 is 0. The average molecular weight is 490 g/mol. The Hall–Kier alpha value is -4.34. The molecule has 186 valence electrons. The number of carbonyl (C=O) groups is 3. The van der Waals surface area contributed by atoms with Crippen molar-refractivity contribution in [2.45, 2.75) is 25.6 Å². The Morgan fingerprint density at radius 2 is 1.89 bits per heavy atom. The van der Waals surface area contributed by atoms with Gasteiger partial charge in [-0.3, -0.25) is 19.3 Å². The van der Waals surface area contributed by atoms with E-state index in [1.807, 2.05) is 10.8 Å². The predicted molar refractivity (Wildman–Crippen MR) is 131 cm³/mol. The zero-order valence-electron chi connectivity index (χ0n) is 20.1. The summed E-state index contributed by atoms with van der Waals surface area (Å²) in [4.78, 5) is 47.0. The number of hydrogen-bond acceptors (Lipinski definition) is 6. The molecule has 10 nitrogen and oxygen atoms in total. The fraction of sp³-hybridized carbons (Fsp3) is 0.308. The smallest absolute Gasteiger partial charge is 0.264 e. The van der Waals surface area contributed by atoms with Crippen molar-refractivity contribution in [1.29, 1.82) is 0 Å². The minimum Gasteiger partial charge on any atom is -0.493 e. The van der Waals surface area contributed by atoms with E-state index in [9.17, 15) is 14.4 Å². The van der Waals surface area contributed by atoms with Gasteiger partial charge in [-0.15, -0.1) is 0 Å². The first-order valence-corrected chi connectivity index (χ1v) is 11.8. The fourth-order valence-electron chi connectivity index (χ4n) is 4.87. The molecule has 5 rings (SSSR count). The van der Waals surface area contributed by atoms with Crippen molar-refractivity contribution in [1.82, 2.24) is 19.8 Å². The van der Waals surface area contributed by atoms with Crippen LogP contribution in [0.1, 0.15) is 45.3 Å². The number of rotatable bonds is 9. The molecular weight excluding hydrogens is 462 g/mol. The highest BCUT2D eigenvalue weighted by atomic mass is 16.5. The normalized spacial score (nSPS) is 15.9. The number of hydrogen-bond donors (Lipinski definition) is 1. The average Bonchev–Trinajstić information content (AvgIpc) is 3.52. The third kappa shape index (κ3) is 3.94. The van der Waals surface area contributed by atoms with Crippen LogP contribution in [0.2, 0.25) is 0 Å². The van der Waals surface area contributed by atoms with Crippen LogP contribution < -0.4 is 19.7 Å². The third-order valence-electron chi connectivity index (χ3n) is 6.54. The highest BCUT2D eigenvalue weighted by Crippen LogP contribution is 2.49. The molecule has 10 heteroatoms. The molecule has 1 aromatic heterocycles. The summed E-state index contributed by atoms with van der Waals surface area (Å²) in [6, 6.07) is 10.5. The number of benzene rings is 2. The van der Waals surface area contributed by atoms with E-state index >= 15 is 0 Å². The Labute approximate surface area is 208 Å². The standard InChI is InChI=1S/C26H27N5O5/c1-35-20-9-8-18-22(23(20)36-2)26(34)31-19-7-4-3-6-17(19)25(33)30(24(18)31)14-10-21(32)28-11-5-13-29-15-12-27-16-29/h3-4,6-9,12,15-16,24H,5,10-11,13-14H2,1-2H3,(H,28,32)/t24-/m0/s1. The number of methoxy groups -OCH3 is 2. The number of para-hydroxylation sites is 1. The number of imidazole rings is 1. The largest absolute Gasteiger partial charge is 0.493 e. The van der Waals surface area contributed by atoms with E-state index in [-0.39, 0.29) is 30.7 Å². The number of ether oxygens (including phenoxy) is 2. The van der Waals surface area contributed by atoms with Gasteiger partial charge in [0, 0.05) is 44.0 Å². The number of nitrogens with one attached hydrogen (secondary N) is 1. The van der Waals surface area contributed by atoms with Crippen molar-refractivity contribution < 1.29 is 23.9 Å². The number of aryl methyl sites for hydroxylation is 1. The van der Waals surface area contributed by atoms with Crippen LogP contribution >= 0.6 is 0 Å². The van der Waals surface area contributed by atoms with Gasteiger partial charge in [0.05, 0.1) is 37.4 Å². The van der Waals surface area contributed by atoms with Gasteiger partial charge in [0.15, 0.2) is 11.5 Å². The summed E-state index contributed by atoms with van der Waals surface area (Å²) in [5, 5.41) is 2.91. The predicted octanol–water partition coefficient (Wildman–Crippen LogP) is 2.61. The molecule has 2 aliphatic rings. The van der Waals surface area contributed by atoms with Crippen LogP contribution in [0.25, 0.3) is 0 Å². The molecule has 1 atom stereocenters. The monoisotopic (exact) mass is 489 g/mol. The van der Waals surface area contributed by atoms with Gasteiger partial charge in [-0.25, -0.2) is 4.98 Å². The van der Waals surface area contributed by atoms with Crippen molar-refractivity contribution >= 4 is 23.4 Å². The Bertz CT molecular complexity index is 1310. The number of anilines is 1. The minimum atomic E-state index is -0.677. The second-order valence-corrected chi connectivity index (χ2v) is 8.58. The molecule has 0 saturated heterocycles. The summed E-state index contributed by atoms with van der Waals surface area (Å²) in [5.74, 6) is 0.103. The number of amides is 3. The topological polar surface area (TPSA) is 106 Å². The first kappa shape index (κ1) is 23.4. The zero-order valence-corrected chi connectivity index (χ0v) is 20.1. The molecule has 1 N–H and O–H groups in total. The fourth-order valence-corrected chi connectivity index (χ4v) is 4.87. The summed E-state index contributed by atoms with van der Waals surface area (Å²) in [6.45, 7) is 1.42. The molecule has 0 spiro atoms. The maximum atomic E-state index is 13.7. The second kappa shape index (κ2) is 9.73. The van der Waals surface area contributed by atoms with E-state index in [0.717, 1.165) is 13.0 Å². The Balaban J connectivity index is 1.38. The lowest BCUT2D eigenvalue weighted by atomic mass is 10.0. The van der Waals surface area contributed by atoms with Crippen molar-refractivity contribution in [2.24, 2.45) is 0 Å². The van der Waals surface area contributed by atoms with Gasteiger partial charge in [-0.2, -0.15) is 0 Å². The van der Waals surface area contributed by atoms with Gasteiger partial charge in [-0.05, 0) is 24.6 Å². The molecule has 0 saturated carbocycles. The van der Waals surface area contributed by atoms with Crippen LogP contribution in [0, 0.1) is 0 Å². The van der Waals surface area contributed by atoms with Crippen LogP contribution in [0.4, 0.5) is 5.69 Å². The van der Waals surface area contributed by atoms with E-state index in [1.165, 1.54) is 14.2 Å². The number of nitrogens with zero attached hydrogens (tertiary/aromatic N) is 4. The van der Waals surface area contributed by atoms with Crippen LogP contribution in [-0.4, -0.2) is 59.5 Å². The van der Waals surface area contributed by atoms with Crippen LogP contribution in [-0.2, 0) is 11.3 Å². The molecule has 2 aromatic carbocycles. The summed E-state index contributed by atoms with van der Waals surface area (Å²) in [5.41, 5.74) is 1.96. The zero-order chi connectivity index (χ0) is 25.2. The van der Waals surface area contributed by atoms with Gasteiger partial charge >= 0.3 is 0 Å². The van der Waals surface area contributed by atoms with Gasteiger partial charge in [0.1, 0.15) is 6.17 Å². The van der Waals surface area contributed by atoms with Crippen molar-refractivity contribution in [3.05, 3.63) is 71.8 Å². The maximum absolute atomic E-state index is 13.7. The molecule has 0 fully saturated rings. The SMILES string of the molecule is COc1ccc2c(c1OC)C(=O)N1c3ccccc3C(=O)N(CCC(=O)NCCCn3ccnc3)[C@H]21.